The smallest absolute Gasteiger partial charge is 0.255 e. The first-order valence-corrected chi connectivity index (χ1v) is 12.6. The number of hydrogen-bond acceptors (Lipinski definition) is 5. The van der Waals surface area contributed by atoms with E-state index in [0.717, 1.165) is 18.4 Å². The SMILES string of the molecule is Cc1ccc(NC(=O)C(C)C)cc1NC(=O)c1ccc(Cl)c(S(=O)(=O)NCC2CCCO2)c1. The Labute approximate surface area is 199 Å². The largest absolute Gasteiger partial charge is 0.377 e. The van der Waals surface area contributed by atoms with E-state index in [1.54, 1.807) is 32.0 Å². The van der Waals surface area contributed by atoms with Gasteiger partial charge in [-0.3, -0.25) is 9.59 Å². The Kier molecular flexibility index (Phi) is 8.12. The quantitative estimate of drug-likeness (QED) is 0.515. The molecular weight excluding hydrogens is 466 g/mol. The van der Waals surface area contributed by atoms with Crippen molar-refractivity contribution < 1.29 is 22.7 Å². The summed E-state index contributed by atoms with van der Waals surface area (Å²) in [6, 6.07) is 9.26. The number of rotatable bonds is 8. The zero-order valence-electron chi connectivity index (χ0n) is 18.8. The van der Waals surface area contributed by atoms with Crippen molar-refractivity contribution in [2.24, 2.45) is 5.92 Å². The zero-order chi connectivity index (χ0) is 24.2. The van der Waals surface area contributed by atoms with Gasteiger partial charge in [0, 0.05) is 36.0 Å². The molecule has 0 saturated carbocycles. The summed E-state index contributed by atoms with van der Waals surface area (Å²) in [5.74, 6) is -0.829. The highest BCUT2D eigenvalue weighted by atomic mass is 35.5. The van der Waals surface area contributed by atoms with E-state index in [4.69, 9.17) is 16.3 Å². The molecule has 2 aromatic rings. The lowest BCUT2D eigenvalue weighted by Crippen LogP contribution is -2.32. The maximum absolute atomic E-state index is 12.9. The molecule has 0 aliphatic carbocycles. The van der Waals surface area contributed by atoms with Crippen LogP contribution in [0, 0.1) is 12.8 Å². The monoisotopic (exact) mass is 493 g/mol. The normalized spacial score (nSPS) is 16.1. The molecule has 3 rings (SSSR count). The molecule has 10 heteroatoms. The molecule has 1 fully saturated rings. The van der Waals surface area contributed by atoms with E-state index in [0.29, 0.717) is 18.0 Å². The van der Waals surface area contributed by atoms with Gasteiger partial charge in [-0.05, 0) is 55.7 Å². The minimum Gasteiger partial charge on any atom is -0.377 e. The van der Waals surface area contributed by atoms with Crippen LogP contribution in [0.4, 0.5) is 11.4 Å². The highest BCUT2D eigenvalue weighted by molar-refractivity contribution is 7.89. The van der Waals surface area contributed by atoms with Gasteiger partial charge in [-0.25, -0.2) is 13.1 Å². The molecule has 1 saturated heterocycles. The van der Waals surface area contributed by atoms with E-state index in [1.165, 1.54) is 18.2 Å². The lowest BCUT2D eigenvalue weighted by molar-refractivity contribution is -0.118. The predicted molar refractivity (Wildman–Crippen MR) is 128 cm³/mol. The zero-order valence-corrected chi connectivity index (χ0v) is 20.3. The molecule has 1 heterocycles. The molecule has 178 valence electrons. The Morgan fingerprint density at radius 1 is 1.15 bits per heavy atom. The van der Waals surface area contributed by atoms with Gasteiger partial charge in [0.1, 0.15) is 4.90 Å². The second-order valence-electron chi connectivity index (χ2n) is 8.26. The first kappa shape index (κ1) is 25.2. The number of carbonyl (C=O) groups excluding carboxylic acids is 2. The molecule has 2 amide bonds. The van der Waals surface area contributed by atoms with E-state index in [-0.39, 0.29) is 40.0 Å². The van der Waals surface area contributed by atoms with Crippen LogP contribution in [0.25, 0.3) is 0 Å². The van der Waals surface area contributed by atoms with Crippen LogP contribution in [0.15, 0.2) is 41.3 Å². The standard InChI is InChI=1S/C23H28ClN3O5S/c1-14(2)22(28)26-17-8-6-15(3)20(12-17)27-23(29)16-7-9-19(24)21(11-16)33(30,31)25-13-18-5-4-10-32-18/h6-9,11-12,14,18,25H,4-5,10,13H2,1-3H3,(H,26,28)(H,27,29). The fourth-order valence-corrected chi connectivity index (χ4v) is 4.84. The Morgan fingerprint density at radius 2 is 1.91 bits per heavy atom. The third-order valence-corrected chi connectivity index (χ3v) is 7.19. The number of hydrogen-bond donors (Lipinski definition) is 3. The molecule has 1 aliphatic rings. The number of amides is 2. The summed E-state index contributed by atoms with van der Waals surface area (Å²) in [7, 11) is -3.93. The Balaban J connectivity index is 1.77. The van der Waals surface area contributed by atoms with E-state index in [1.807, 2.05) is 6.92 Å². The van der Waals surface area contributed by atoms with Crippen LogP contribution in [0.2, 0.25) is 5.02 Å². The molecule has 3 N–H and O–H groups in total. The first-order valence-electron chi connectivity index (χ1n) is 10.7. The summed E-state index contributed by atoms with van der Waals surface area (Å²) in [6.07, 6.45) is 1.51. The lowest BCUT2D eigenvalue weighted by atomic mass is 10.1. The minimum absolute atomic E-state index is 0.0148. The molecule has 0 spiro atoms. The van der Waals surface area contributed by atoms with Crippen molar-refractivity contribution in [1.82, 2.24) is 4.72 Å². The van der Waals surface area contributed by atoms with Crippen LogP contribution < -0.4 is 15.4 Å². The first-order chi connectivity index (χ1) is 15.6. The maximum atomic E-state index is 12.9. The van der Waals surface area contributed by atoms with Crippen molar-refractivity contribution in [1.29, 1.82) is 0 Å². The van der Waals surface area contributed by atoms with Gasteiger partial charge in [-0.1, -0.05) is 31.5 Å². The van der Waals surface area contributed by atoms with Crippen molar-refractivity contribution in [3.63, 3.8) is 0 Å². The molecule has 2 aromatic carbocycles. The number of ether oxygens (including phenoxy) is 1. The number of anilines is 2. The topological polar surface area (TPSA) is 114 Å². The fourth-order valence-electron chi connectivity index (χ4n) is 3.25. The number of aryl methyl sites for hydroxylation is 1. The van der Waals surface area contributed by atoms with Crippen molar-refractivity contribution >= 4 is 44.8 Å². The summed E-state index contributed by atoms with van der Waals surface area (Å²) in [5.41, 5.74) is 1.96. The van der Waals surface area contributed by atoms with Gasteiger partial charge in [0.2, 0.25) is 15.9 Å². The Bertz CT molecular complexity index is 1140. The minimum atomic E-state index is -3.93. The van der Waals surface area contributed by atoms with Crippen LogP contribution in [0.5, 0.6) is 0 Å². The second kappa shape index (κ2) is 10.6. The maximum Gasteiger partial charge on any atom is 0.255 e. The van der Waals surface area contributed by atoms with Gasteiger partial charge in [0.05, 0.1) is 11.1 Å². The Morgan fingerprint density at radius 3 is 2.58 bits per heavy atom. The van der Waals surface area contributed by atoms with Crippen molar-refractivity contribution in [3.05, 3.63) is 52.5 Å². The molecular formula is C23H28ClN3O5S. The van der Waals surface area contributed by atoms with E-state index in [2.05, 4.69) is 15.4 Å². The van der Waals surface area contributed by atoms with Crippen LogP contribution in [-0.2, 0) is 19.6 Å². The summed E-state index contributed by atoms with van der Waals surface area (Å²) in [5, 5.41) is 5.58. The molecule has 1 aliphatic heterocycles. The summed E-state index contributed by atoms with van der Waals surface area (Å²) < 4.78 is 33.5. The molecule has 1 atom stereocenters. The van der Waals surface area contributed by atoms with Crippen LogP contribution in [0.3, 0.4) is 0 Å². The van der Waals surface area contributed by atoms with Gasteiger partial charge in [0.25, 0.3) is 5.91 Å². The third kappa shape index (κ3) is 6.54. The number of benzene rings is 2. The Hall–Kier alpha value is -2.46. The van der Waals surface area contributed by atoms with E-state index >= 15 is 0 Å². The fraction of sp³-hybridized carbons (Fsp3) is 0.391. The van der Waals surface area contributed by atoms with Gasteiger partial charge < -0.3 is 15.4 Å². The molecule has 33 heavy (non-hydrogen) atoms. The summed E-state index contributed by atoms with van der Waals surface area (Å²) in [4.78, 5) is 24.7. The number of carbonyl (C=O) groups is 2. The highest BCUT2D eigenvalue weighted by Crippen LogP contribution is 2.25. The molecule has 8 nitrogen and oxygen atoms in total. The predicted octanol–water partition coefficient (Wildman–Crippen LogP) is 3.95. The highest BCUT2D eigenvalue weighted by Gasteiger charge is 2.23. The second-order valence-corrected chi connectivity index (χ2v) is 10.4. The van der Waals surface area contributed by atoms with Gasteiger partial charge in [0.15, 0.2) is 0 Å². The summed E-state index contributed by atoms with van der Waals surface area (Å²) in [6.45, 7) is 6.15. The van der Waals surface area contributed by atoms with Gasteiger partial charge >= 0.3 is 0 Å². The van der Waals surface area contributed by atoms with Crippen LogP contribution in [0.1, 0.15) is 42.6 Å². The van der Waals surface area contributed by atoms with Gasteiger partial charge in [-0.15, -0.1) is 0 Å². The number of sulfonamides is 1. The molecule has 1 unspecified atom stereocenters. The van der Waals surface area contributed by atoms with Crippen LogP contribution in [-0.4, -0.2) is 39.5 Å². The van der Waals surface area contributed by atoms with E-state index in [9.17, 15) is 18.0 Å². The van der Waals surface area contributed by atoms with Crippen LogP contribution >= 0.6 is 11.6 Å². The van der Waals surface area contributed by atoms with Crippen molar-refractivity contribution in [2.75, 3.05) is 23.8 Å². The molecule has 0 radical (unpaired) electrons. The lowest BCUT2D eigenvalue weighted by Gasteiger charge is -2.14. The van der Waals surface area contributed by atoms with E-state index < -0.39 is 15.9 Å². The number of halogens is 1. The molecule has 0 bridgehead atoms. The average Bonchev–Trinajstić information content (AvgIpc) is 3.28. The third-order valence-electron chi connectivity index (χ3n) is 5.29. The summed E-state index contributed by atoms with van der Waals surface area (Å²) >= 11 is 6.14. The van der Waals surface area contributed by atoms with Gasteiger partial charge in [-0.2, -0.15) is 0 Å². The molecule has 0 aromatic heterocycles. The van der Waals surface area contributed by atoms with Crippen molar-refractivity contribution in [2.45, 2.75) is 44.6 Å². The number of nitrogens with one attached hydrogen (secondary N) is 3. The average molecular weight is 494 g/mol. The van der Waals surface area contributed by atoms with Crippen molar-refractivity contribution in [3.8, 4) is 0 Å².